The molecule has 0 unspecified atom stereocenters. The van der Waals surface area contributed by atoms with Crippen LogP contribution in [-0.2, 0) is 0 Å². The lowest BCUT2D eigenvalue weighted by Gasteiger charge is -2.06. The average Bonchev–Trinajstić information content (AvgIpc) is 3.06. The maximum atomic E-state index is 13.2. The molecule has 0 atom stereocenters. The van der Waals surface area contributed by atoms with Gasteiger partial charge in [0.2, 0.25) is 5.82 Å². The fourth-order valence-corrected chi connectivity index (χ4v) is 2.40. The first kappa shape index (κ1) is 17.1. The fraction of sp³-hybridized carbons (Fsp3) is 0.167. The van der Waals surface area contributed by atoms with Crippen LogP contribution in [0.1, 0.15) is 24.0 Å². The smallest absolute Gasteiger partial charge is 0.290 e. The fourth-order valence-electron chi connectivity index (χ4n) is 2.27. The van der Waals surface area contributed by atoms with E-state index in [1.54, 1.807) is 41.1 Å². The van der Waals surface area contributed by atoms with E-state index in [2.05, 4.69) is 15.4 Å². The van der Waals surface area contributed by atoms with E-state index in [1.807, 2.05) is 6.92 Å². The lowest BCUT2D eigenvalue weighted by molar-refractivity contribution is 0.0943. The Morgan fingerprint density at radius 3 is 2.48 bits per heavy atom. The van der Waals surface area contributed by atoms with Gasteiger partial charge in [-0.05, 0) is 55.0 Å². The number of nitrogens with one attached hydrogen (secondary N) is 1. The van der Waals surface area contributed by atoms with Crippen molar-refractivity contribution < 1.29 is 9.18 Å². The van der Waals surface area contributed by atoms with Crippen LogP contribution in [0.15, 0.2) is 48.5 Å². The Morgan fingerprint density at radius 1 is 1.16 bits per heavy atom. The van der Waals surface area contributed by atoms with Crippen LogP contribution in [0.4, 0.5) is 4.39 Å². The van der Waals surface area contributed by atoms with Crippen LogP contribution in [0.3, 0.4) is 0 Å². The van der Waals surface area contributed by atoms with Gasteiger partial charge in [0.05, 0.1) is 5.69 Å². The second kappa shape index (κ2) is 7.44. The number of aromatic nitrogens is 3. The number of amides is 1. The summed E-state index contributed by atoms with van der Waals surface area (Å²) in [4.78, 5) is 16.6. The Bertz CT molecular complexity index is 812. The molecule has 1 heterocycles. The summed E-state index contributed by atoms with van der Waals surface area (Å²) in [6, 6.07) is 12.9. The molecule has 0 aliphatic heterocycles. The van der Waals surface area contributed by atoms with Gasteiger partial charge in [-0.2, -0.15) is 0 Å². The van der Waals surface area contributed by atoms with Gasteiger partial charge >= 0.3 is 0 Å². The molecule has 1 N–H and O–H groups in total. The number of carbonyl (C=O) groups excluding carboxylic acids is 1. The summed E-state index contributed by atoms with van der Waals surface area (Å²) in [5.41, 5.74) is 1.35. The van der Waals surface area contributed by atoms with Crippen molar-refractivity contribution in [2.45, 2.75) is 13.3 Å². The second-order valence-electron chi connectivity index (χ2n) is 5.41. The third kappa shape index (κ3) is 3.85. The van der Waals surface area contributed by atoms with Crippen molar-refractivity contribution in [1.82, 2.24) is 20.1 Å². The molecule has 0 saturated heterocycles. The Hall–Kier alpha value is -2.73. The number of rotatable bonds is 5. The zero-order valence-corrected chi connectivity index (χ0v) is 14.3. The van der Waals surface area contributed by atoms with Crippen LogP contribution >= 0.6 is 11.6 Å². The van der Waals surface area contributed by atoms with Crippen molar-refractivity contribution in [3.63, 3.8) is 0 Å². The molecule has 0 radical (unpaired) electrons. The molecular formula is C18H16ClFN4O. The number of hydrogen-bond acceptors (Lipinski definition) is 3. The Morgan fingerprint density at radius 2 is 1.84 bits per heavy atom. The molecule has 1 amide bonds. The standard InChI is InChI=1S/C18H16ClFN4O/c1-2-11-21-18(25)16-22-17(12-3-7-14(20)8-4-12)24(23-16)15-9-5-13(19)6-10-15/h3-10H,2,11H2,1H3,(H,21,25). The van der Waals surface area contributed by atoms with E-state index in [1.165, 1.54) is 12.1 Å². The Balaban J connectivity index is 2.07. The maximum Gasteiger partial charge on any atom is 0.290 e. The molecule has 0 fully saturated rings. The highest BCUT2D eigenvalue weighted by Crippen LogP contribution is 2.22. The zero-order chi connectivity index (χ0) is 17.8. The minimum atomic E-state index is -0.349. The molecule has 3 aromatic rings. The van der Waals surface area contributed by atoms with Gasteiger partial charge in [-0.15, -0.1) is 5.10 Å². The molecule has 128 valence electrons. The number of benzene rings is 2. The summed E-state index contributed by atoms with van der Waals surface area (Å²) >= 11 is 5.94. The van der Waals surface area contributed by atoms with Gasteiger partial charge in [0.25, 0.3) is 5.91 Å². The number of carbonyl (C=O) groups is 1. The molecule has 1 aromatic heterocycles. The molecule has 0 aliphatic rings. The van der Waals surface area contributed by atoms with Gasteiger partial charge in [0.1, 0.15) is 5.82 Å². The van der Waals surface area contributed by atoms with E-state index in [9.17, 15) is 9.18 Å². The normalized spacial score (nSPS) is 10.7. The van der Waals surface area contributed by atoms with Gasteiger partial charge in [0, 0.05) is 17.1 Å². The highest BCUT2D eigenvalue weighted by molar-refractivity contribution is 6.30. The molecule has 0 bridgehead atoms. The van der Waals surface area contributed by atoms with Crippen molar-refractivity contribution >= 4 is 17.5 Å². The Labute approximate surface area is 149 Å². The van der Waals surface area contributed by atoms with Gasteiger partial charge < -0.3 is 5.32 Å². The van der Waals surface area contributed by atoms with Crippen LogP contribution in [0.5, 0.6) is 0 Å². The number of nitrogens with zero attached hydrogens (tertiary/aromatic N) is 3. The highest BCUT2D eigenvalue weighted by atomic mass is 35.5. The van der Waals surface area contributed by atoms with Crippen LogP contribution in [0, 0.1) is 5.82 Å². The average molecular weight is 359 g/mol. The van der Waals surface area contributed by atoms with Crippen molar-refractivity contribution in [2.75, 3.05) is 6.54 Å². The second-order valence-corrected chi connectivity index (χ2v) is 5.85. The summed E-state index contributed by atoms with van der Waals surface area (Å²) in [7, 11) is 0. The van der Waals surface area contributed by atoms with Crippen molar-refractivity contribution in [3.05, 3.63) is 65.2 Å². The van der Waals surface area contributed by atoms with Crippen LogP contribution in [0.25, 0.3) is 17.1 Å². The minimum Gasteiger partial charge on any atom is -0.349 e. The predicted molar refractivity (Wildman–Crippen MR) is 94.4 cm³/mol. The monoisotopic (exact) mass is 358 g/mol. The summed E-state index contributed by atoms with van der Waals surface area (Å²) in [6.45, 7) is 2.50. The zero-order valence-electron chi connectivity index (χ0n) is 13.5. The van der Waals surface area contributed by atoms with E-state index in [-0.39, 0.29) is 17.5 Å². The van der Waals surface area contributed by atoms with E-state index in [0.717, 1.165) is 6.42 Å². The highest BCUT2D eigenvalue weighted by Gasteiger charge is 2.18. The topological polar surface area (TPSA) is 59.8 Å². The summed E-state index contributed by atoms with van der Waals surface area (Å²) < 4.78 is 14.8. The quantitative estimate of drug-likeness (QED) is 0.753. The summed E-state index contributed by atoms with van der Waals surface area (Å²) in [5, 5.41) is 7.66. The van der Waals surface area contributed by atoms with E-state index in [4.69, 9.17) is 11.6 Å². The number of hydrogen-bond donors (Lipinski definition) is 1. The molecule has 25 heavy (non-hydrogen) atoms. The van der Waals surface area contributed by atoms with Gasteiger partial charge in [-0.3, -0.25) is 4.79 Å². The number of halogens is 2. The molecule has 2 aromatic carbocycles. The Kier molecular flexibility index (Phi) is 5.09. The summed E-state index contributed by atoms with van der Waals surface area (Å²) in [6.07, 6.45) is 0.814. The van der Waals surface area contributed by atoms with Crippen molar-refractivity contribution in [3.8, 4) is 17.1 Å². The first-order chi connectivity index (χ1) is 12.1. The first-order valence-corrected chi connectivity index (χ1v) is 8.23. The van der Waals surface area contributed by atoms with Gasteiger partial charge in [-0.1, -0.05) is 18.5 Å². The summed E-state index contributed by atoms with van der Waals surface area (Å²) in [5.74, 6) is -0.188. The van der Waals surface area contributed by atoms with Gasteiger partial charge in [0.15, 0.2) is 5.82 Å². The van der Waals surface area contributed by atoms with Crippen LogP contribution < -0.4 is 5.32 Å². The molecule has 0 saturated carbocycles. The SMILES string of the molecule is CCCNC(=O)c1nc(-c2ccc(F)cc2)n(-c2ccc(Cl)cc2)n1. The van der Waals surface area contributed by atoms with Crippen molar-refractivity contribution in [1.29, 1.82) is 0 Å². The van der Waals surface area contributed by atoms with E-state index < -0.39 is 0 Å². The third-order valence-corrected chi connectivity index (χ3v) is 3.77. The molecule has 0 spiro atoms. The van der Waals surface area contributed by atoms with Gasteiger partial charge in [-0.25, -0.2) is 14.1 Å². The lowest BCUT2D eigenvalue weighted by atomic mass is 10.2. The predicted octanol–water partition coefficient (Wildman–Crippen LogP) is 3.87. The van der Waals surface area contributed by atoms with Crippen LogP contribution in [-0.4, -0.2) is 27.2 Å². The lowest BCUT2D eigenvalue weighted by Crippen LogP contribution is -2.25. The maximum absolute atomic E-state index is 13.2. The van der Waals surface area contributed by atoms with E-state index >= 15 is 0 Å². The third-order valence-electron chi connectivity index (χ3n) is 3.52. The van der Waals surface area contributed by atoms with Crippen LogP contribution in [0.2, 0.25) is 5.02 Å². The molecular weight excluding hydrogens is 343 g/mol. The molecule has 0 aliphatic carbocycles. The molecule has 5 nitrogen and oxygen atoms in total. The largest absolute Gasteiger partial charge is 0.349 e. The molecule has 3 rings (SSSR count). The minimum absolute atomic E-state index is 0.0581. The first-order valence-electron chi connectivity index (χ1n) is 7.85. The molecule has 7 heteroatoms. The van der Waals surface area contributed by atoms with E-state index in [0.29, 0.717) is 28.6 Å². The van der Waals surface area contributed by atoms with Crippen molar-refractivity contribution in [2.24, 2.45) is 0 Å².